The monoisotopic (exact) mass is 382 g/mol. The third kappa shape index (κ3) is 3.72. The van der Waals surface area contributed by atoms with Gasteiger partial charge in [-0.1, -0.05) is 11.6 Å². The number of nitrogens with zero attached hydrogens (tertiary/aromatic N) is 1. The highest BCUT2D eigenvalue weighted by Gasteiger charge is 2.23. The number of rotatable bonds is 4. The molecule has 5 nitrogen and oxygen atoms in total. The fraction of sp³-hybridized carbons (Fsp3) is 0.417. The van der Waals surface area contributed by atoms with Crippen molar-refractivity contribution in [2.45, 2.75) is 31.7 Å². The summed E-state index contributed by atoms with van der Waals surface area (Å²) >= 11 is 9.23. The number of benzene rings is 1. The smallest absolute Gasteiger partial charge is 0.255 e. The minimum absolute atomic E-state index is 0.0273. The first-order chi connectivity index (χ1) is 9.09. The number of nitrogens with two attached hydrogens (primary N) is 1. The van der Waals surface area contributed by atoms with E-state index in [1.807, 2.05) is 20.8 Å². The van der Waals surface area contributed by atoms with Crippen molar-refractivity contribution >= 4 is 43.5 Å². The first-order valence-electron chi connectivity index (χ1n) is 5.92. The predicted octanol–water partition coefficient (Wildman–Crippen LogP) is 2.62. The highest BCUT2D eigenvalue weighted by Crippen LogP contribution is 2.30. The Morgan fingerprint density at radius 2 is 2.00 bits per heavy atom. The standard InChI is InChI=1S/C12H16BrClN2O3S/c1-4-16(7(2)3)12(17)9-5-8(20(15,18)19)6-10(13)11(9)14/h5-7H,4H2,1-3H3,(H2,15,18,19). The molecule has 0 aliphatic heterocycles. The molecule has 20 heavy (non-hydrogen) atoms. The Morgan fingerprint density at radius 3 is 2.40 bits per heavy atom. The zero-order chi connectivity index (χ0) is 15.7. The summed E-state index contributed by atoms with van der Waals surface area (Å²) in [6, 6.07) is 2.45. The van der Waals surface area contributed by atoms with Gasteiger partial charge in [-0.3, -0.25) is 4.79 Å². The van der Waals surface area contributed by atoms with Crippen LogP contribution in [0.25, 0.3) is 0 Å². The lowest BCUT2D eigenvalue weighted by Gasteiger charge is -2.26. The molecule has 0 spiro atoms. The van der Waals surface area contributed by atoms with Crippen molar-refractivity contribution in [1.82, 2.24) is 4.90 Å². The van der Waals surface area contributed by atoms with Gasteiger partial charge in [-0.15, -0.1) is 0 Å². The van der Waals surface area contributed by atoms with E-state index in [0.717, 1.165) is 0 Å². The van der Waals surface area contributed by atoms with Crippen molar-refractivity contribution in [3.8, 4) is 0 Å². The van der Waals surface area contributed by atoms with E-state index >= 15 is 0 Å². The van der Waals surface area contributed by atoms with Crippen molar-refractivity contribution in [2.24, 2.45) is 5.14 Å². The molecule has 0 unspecified atom stereocenters. The van der Waals surface area contributed by atoms with Crippen molar-refractivity contribution < 1.29 is 13.2 Å². The van der Waals surface area contributed by atoms with Crippen LogP contribution in [0.2, 0.25) is 5.02 Å². The molecule has 0 heterocycles. The first-order valence-corrected chi connectivity index (χ1v) is 8.64. The summed E-state index contributed by atoms with van der Waals surface area (Å²) in [6.45, 7) is 6.07. The first kappa shape index (κ1) is 17.4. The average molecular weight is 384 g/mol. The van der Waals surface area contributed by atoms with Crippen LogP contribution in [-0.2, 0) is 10.0 Å². The molecule has 0 saturated heterocycles. The number of primary sulfonamides is 1. The molecule has 0 saturated carbocycles. The van der Waals surface area contributed by atoms with Crippen LogP contribution in [0, 0.1) is 0 Å². The number of halogens is 2. The van der Waals surface area contributed by atoms with Gasteiger partial charge in [0.25, 0.3) is 5.91 Å². The molecular formula is C12H16BrClN2O3S. The quantitative estimate of drug-likeness (QED) is 0.868. The van der Waals surface area contributed by atoms with Crippen molar-refractivity contribution in [1.29, 1.82) is 0 Å². The van der Waals surface area contributed by atoms with Crippen LogP contribution in [-0.4, -0.2) is 31.8 Å². The van der Waals surface area contributed by atoms with E-state index in [9.17, 15) is 13.2 Å². The fourth-order valence-corrected chi connectivity index (χ4v) is 3.15. The molecule has 0 fully saturated rings. The van der Waals surface area contributed by atoms with E-state index in [-0.39, 0.29) is 27.4 Å². The minimum Gasteiger partial charge on any atom is -0.336 e. The summed E-state index contributed by atoms with van der Waals surface area (Å²) in [5.74, 6) is -0.335. The van der Waals surface area contributed by atoms with Crippen LogP contribution in [0.3, 0.4) is 0 Å². The van der Waals surface area contributed by atoms with E-state index in [1.54, 1.807) is 4.90 Å². The second kappa shape index (κ2) is 6.43. The second-order valence-electron chi connectivity index (χ2n) is 4.50. The maximum Gasteiger partial charge on any atom is 0.255 e. The van der Waals surface area contributed by atoms with Gasteiger partial charge >= 0.3 is 0 Å². The Bertz CT molecular complexity index is 632. The highest BCUT2D eigenvalue weighted by molar-refractivity contribution is 9.10. The van der Waals surface area contributed by atoms with Crippen LogP contribution in [0.1, 0.15) is 31.1 Å². The summed E-state index contributed by atoms with van der Waals surface area (Å²) < 4.78 is 23.2. The number of hydrogen-bond acceptors (Lipinski definition) is 3. The molecule has 0 aromatic heterocycles. The van der Waals surface area contributed by atoms with Gasteiger partial charge in [-0.2, -0.15) is 0 Å². The molecule has 0 aliphatic carbocycles. The number of carbonyl (C=O) groups excluding carboxylic acids is 1. The van der Waals surface area contributed by atoms with Crippen molar-refractivity contribution in [2.75, 3.05) is 6.54 Å². The van der Waals surface area contributed by atoms with E-state index < -0.39 is 10.0 Å². The maximum atomic E-state index is 12.5. The molecule has 1 aromatic rings. The summed E-state index contributed by atoms with van der Waals surface area (Å²) in [6.07, 6.45) is 0. The Kier molecular flexibility index (Phi) is 5.60. The molecule has 1 aromatic carbocycles. The van der Waals surface area contributed by atoms with Gasteiger partial charge in [-0.25, -0.2) is 13.6 Å². The number of hydrogen-bond donors (Lipinski definition) is 1. The molecule has 0 aliphatic rings. The fourth-order valence-electron chi connectivity index (χ4n) is 1.78. The summed E-state index contributed by atoms with van der Waals surface area (Å²) in [5, 5.41) is 5.26. The Balaban J connectivity index is 3.45. The van der Waals surface area contributed by atoms with Gasteiger partial charge in [0.2, 0.25) is 10.0 Å². The minimum atomic E-state index is -3.91. The molecule has 112 valence electrons. The molecule has 2 N–H and O–H groups in total. The third-order valence-corrected chi connectivity index (χ3v) is 4.94. The van der Waals surface area contributed by atoms with Gasteiger partial charge in [0.05, 0.1) is 15.5 Å². The van der Waals surface area contributed by atoms with E-state index in [2.05, 4.69) is 15.9 Å². The van der Waals surface area contributed by atoms with Crippen LogP contribution in [0.4, 0.5) is 0 Å². The largest absolute Gasteiger partial charge is 0.336 e. The van der Waals surface area contributed by atoms with Gasteiger partial charge in [0.15, 0.2) is 0 Å². The topological polar surface area (TPSA) is 80.5 Å². The molecule has 0 atom stereocenters. The lowest BCUT2D eigenvalue weighted by atomic mass is 10.1. The predicted molar refractivity (Wildman–Crippen MR) is 82.4 cm³/mol. The summed E-state index contributed by atoms with van der Waals surface area (Å²) in [4.78, 5) is 13.9. The van der Waals surface area contributed by atoms with Crippen molar-refractivity contribution in [3.63, 3.8) is 0 Å². The van der Waals surface area contributed by atoms with Gasteiger partial charge in [0.1, 0.15) is 0 Å². The molecule has 0 bridgehead atoms. The van der Waals surface area contributed by atoms with Gasteiger partial charge < -0.3 is 4.90 Å². The molecule has 1 rings (SSSR count). The number of sulfonamides is 1. The lowest BCUT2D eigenvalue weighted by Crippen LogP contribution is -2.37. The van der Waals surface area contributed by atoms with Crippen LogP contribution < -0.4 is 5.14 Å². The zero-order valence-electron chi connectivity index (χ0n) is 11.4. The SMILES string of the molecule is CCN(C(=O)c1cc(S(N)(=O)=O)cc(Br)c1Cl)C(C)C. The van der Waals surface area contributed by atoms with Gasteiger partial charge in [0, 0.05) is 17.1 Å². The highest BCUT2D eigenvalue weighted by atomic mass is 79.9. The molecular weight excluding hydrogens is 368 g/mol. The normalized spacial score (nSPS) is 11.8. The summed E-state index contributed by atoms with van der Waals surface area (Å²) in [5.41, 5.74) is 0.112. The van der Waals surface area contributed by atoms with Crippen LogP contribution in [0.5, 0.6) is 0 Å². The Hall–Kier alpha value is -0.630. The average Bonchev–Trinajstić information content (AvgIpc) is 2.31. The second-order valence-corrected chi connectivity index (χ2v) is 7.29. The Morgan fingerprint density at radius 1 is 1.45 bits per heavy atom. The number of carbonyl (C=O) groups is 1. The van der Waals surface area contributed by atoms with E-state index in [1.165, 1.54) is 12.1 Å². The van der Waals surface area contributed by atoms with Gasteiger partial charge in [-0.05, 0) is 48.8 Å². The lowest BCUT2D eigenvalue weighted by molar-refractivity contribution is 0.0717. The van der Waals surface area contributed by atoms with Crippen LogP contribution in [0.15, 0.2) is 21.5 Å². The number of amides is 1. The van der Waals surface area contributed by atoms with Crippen molar-refractivity contribution in [3.05, 3.63) is 27.2 Å². The Labute approximate surface area is 132 Å². The molecule has 0 radical (unpaired) electrons. The molecule has 1 amide bonds. The maximum absolute atomic E-state index is 12.5. The van der Waals surface area contributed by atoms with E-state index in [4.69, 9.17) is 16.7 Å². The zero-order valence-corrected chi connectivity index (χ0v) is 14.5. The third-order valence-electron chi connectivity index (χ3n) is 2.79. The summed E-state index contributed by atoms with van der Waals surface area (Å²) in [7, 11) is -3.91. The molecule has 8 heteroatoms. The van der Waals surface area contributed by atoms with E-state index in [0.29, 0.717) is 11.0 Å². The van der Waals surface area contributed by atoms with Crippen LogP contribution >= 0.6 is 27.5 Å².